The maximum Gasteiger partial charge on any atom is 0.527 e. The zero-order valence-corrected chi connectivity index (χ0v) is 9.87. The molecule has 0 spiro atoms. The Bertz CT molecular complexity index is 373. The van der Waals surface area contributed by atoms with Crippen LogP contribution in [0.1, 0.15) is 6.92 Å². The molecule has 0 radical (unpaired) electrons. The van der Waals surface area contributed by atoms with Crippen molar-refractivity contribution in [3.05, 3.63) is 0 Å². The van der Waals surface area contributed by atoms with Crippen LogP contribution in [0.5, 0.6) is 0 Å². The molecule has 100 valence electrons. The first-order valence-corrected chi connectivity index (χ1v) is 6.63. The Balaban J connectivity index is 4.90. The van der Waals surface area contributed by atoms with Crippen molar-refractivity contribution in [2.45, 2.75) is 12.5 Å². The summed E-state index contributed by atoms with van der Waals surface area (Å²) >= 11 is 0. The van der Waals surface area contributed by atoms with E-state index in [-0.39, 0.29) is 0 Å². The monoisotopic (exact) mass is 294 g/mol. The molecule has 17 heavy (non-hydrogen) atoms. The third kappa shape index (κ3) is 5.89. The molecule has 0 aromatic carbocycles. The van der Waals surface area contributed by atoms with Crippen LogP contribution in [0.25, 0.3) is 0 Å². The Labute approximate surface area is 93.5 Å². The Hall–Kier alpha value is -0.800. The lowest BCUT2D eigenvalue weighted by atomic mass is 10.1. The highest BCUT2D eigenvalue weighted by Gasteiger charge is 2.47. The molecule has 0 aromatic heterocycles. The Morgan fingerprint density at radius 1 is 0.941 bits per heavy atom. The number of carbonyl (C=O) groups is 2. The van der Waals surface area contributed by atoms with Crippen LogP contribution in [-0.2, 0) is 27.8 Å². The summed E-state index contributed by atoms with van der Waals surface area (Å²) in [5, 5.41) is 9.14. The minimum absolute atomic E-state index is 0.378. The highest BCUT2D eigenvalue weighted by molar-refractivity contribution is 7.47. The minimum Gasteiger partial charge on any atom is -0.369 e. The van der Waals surface area contributed by atoms with Gasteiger partial charge in [0.05, 0.1) is 0 Å². The molecule has 13 heteroatoms. The second-order valence-corrected chi connectivity index (χ2v) is 5.14. The first-order chi connectivity index (χ1) is 7.26. The highest BCUT2D eigenvalue weighted by atomic mass is 31.2. The topological polar surface area (TPSA) is 188 Å². The fourth-order valence-corrected chi connectivity index (χ4v) is 1.26. The van der Waals surface area contributed by atoms with Crippen LogP contribution in [0.3, 0.4) is 0 Å². The molecule has 0 aromatic rings. The number of rotatable bonds is 4. The molecule has 0 amide bonds. The molecule has 0 fully saturated rings. The van der Waals surface area contributed by atoms with E-state index in [1.807, 2.05) is 0 Å². The normalized spacial score (nSPS) is 13.1. The van der Waals surface area contributed by atoms with Crippen molar-refractivity contribution >= 4 is 27.6 Å². The van der Waals surface area contributed by atoms with E-state index in [4.69, 9.17) is 24.7 Å². The van der Waals surface area contributed by atoms with E-state index in [1.54, 1.807) is 0 Å². The third-order valence-electron chi connectivity index (χ3n) is 1.20. The van der Waals surface area contributed by atoms with Crippen LogP contribution >= 0.6 is 15.6 Å². The minimum atomic E-state index is -5.32. The van der Waals surface area contributed by atoms with Crippen molar-refractivity contribution in [3.63, 3.8) is 0 Å². The smallest absolute Gasteiger partial charge is 0.369 e. The van der Waals surface area contributed by atoms with E-state index in [0.717, 1.165) is 0 Å². The van der Waals surface area contributed by atoms with E-state index in [2.05, 4.69) is 9.05 Å². The molecule has 0 aliphatic carbocycles. The van der Waals surface area contributed by atoms with E-state index in [1.165, 1.54) is 0 Å². The summed E-state index contributed by atoms with van der Waals surface area (Å²) < 4.78 is 27.2. The van der Waals surface area contributed by atoms with Crippen LogP contribution in [0.4, 0.5) is 0 Å². The number of aliphatic hydroxyl groups is 1. The maximum absolute atomic E-state index is 10.9. The van der Waals surface area contributed by atoms with Crippen molar-refractivity contribution in [3.8, 4) is 0 Å². The third-order valence-corrected chi connectivity index (χ3v) is 2.01. The molecule has 0 saturated heterocycles. The lowest BCUT2D eigenvalue weighted by molar-refractivity contribution is -0.171. The lowest BCUT2D eigenvalue weighted by Gasteiger charge is -2.19. The van der Waals surface area contributed by atoms with Crippen LogP contribution in [0.2, 0.25) is 0 Å². The molecule has 5 N–H and O–H groups in total. The van der Waals surface area contributed by atoms with E-state index in [0.29, 0.717) is 6.92 Å². The number of carbonyl (C=O) groups excluding carboxylic acids is 2. The predicted octanol–water partition coefficient (Wildman–Crippen LogP) is -1.99. The molecule has 0 aliphatic heterocycles. The Morgan fingerprint density at radius 2 is 1.18 bits per heavy atom. The number of phosphoric acid groups is 2. The van der Waals surface area contributed by atoms with E-state index >= 15 is 0 Å². The van der Waals surface area contributed by atoms with Gasteiger partial charge in [-0.1, -0.05) is 0 Å². The quantitative estimate of drug-likeness (QED) is 0.285. The second-order valence-electron chi connectivity index (χ2n) is 2.81. The summed E-state index contributed by atoms with van der Waals surface area (Å²) in [5.41, 5.74) is -3.28. The Morgan fingerprint density at radius 3 is 1.35 bits per heavy atom. The molecule has 0 rings (SSSR count). The molecular formula is C4H8O11P2. The summed E-state index contributed by atoms with van der Waals surface area (Å²) in [7, 11) is -10.6. The fourth-order valence-electron chi connectivity index (χ4n) is 0.477. The average Bonchev–Trinajstić information content (AvgIpc) is 1.96. The van der Waals surface area contributed by atoms with Gasteiger partial charge >= 0.3 is 27.6 Å². The SMILES string of the molecule is CC(O)(C(=O)OP(=O)(O)O)C(=O)OP(=O)(O)O. The van der Waals surface area contributed by atoms with Gasteiger partial charge < -0.3 is 14.2 Å². The van der Waals surface area contributed by atoms with E-state index < -0.39 is 33.2 Å². The zero-order chi connectivity index (χ0) is 14.1. The molecule has 0 atom stereocenters. The number of hydrogen-bond donors (Lipinski definition) is 5. The van der Waals surface area contributed by atoms with Crippen molar-refractivity contribution in [2.24, 2.45) is 0 Å². The van der Waals surface area contributed by atoms with Gasteiger partial charge in [-0.15, -0.1) is 0 Å². The summed E-state index contributed by atoms with van der Waals surface area (Å²) in [6.07, 6.45) is 0. The molecule has 0 saturated carbocycles. The van der Waals surface area contributed by atoms with Gasteiger partial charge in [0, 0.05) is 0 Å². The molecule has 11 nitrogen and oxygen atoms in total. The number of phosphoric ester groups is 2. The van der Waals surface area contributed by atoms with Gasteiger partial charge in [-0.3, -0.25) is 19.6 Å². The van der Waals surface area contributed by atoms with Crippen LogP contribution in [0.15, 0.2) is 0 Å². The van der Waals surface area contributed by atoms with Gasteiger partial charge in [0.25, 0.3) is 5.60 Å². The van der Waals surface area contributed by atoms with Gasteiger partial charge in [-0.2, -0.15) is 0 Å². The van der Waals surface area contributed by atoms with Gasteiger partial charge in [-0.25, -0.2) is 18.7 Å². The molecule has 0 bridgehead atoms. The summed E-state index contributed by atoms with van der Waals surface area (Å²) in [5.74, 6) is -4.24. The largest absolute Gasteiger partial charge is 0.527 e. The molecular weight excluding hydrogens is 286 g/mol. The van der Waals surface area contributed by atoms with Gasteiger partial charge in [0.1, 0.15) is 0 Å². The Kier molecular flexibility index (Phi) is 4.60. The van der Waals surface area contributed by atoms with Gasteiger partial charge in [0.15, 0.2) is 0 Å². The van der Waals surface area contributed by atoms with E-state index in [9.17, 15) is 18.7 Å². The van der Waals surface area contributed by atoms with Crippen molar-refractivity contribution in [2.75, 3.05) is 0 Å². The summed E-state index contributed by atoms with van der Waals surface area (Å²) in [6, 6.07) is 0. The van der Waals surface area contributed by atoms with Crippen molar-refractivity contribution in [1.82, 2.24) is 0 Å². The van der Waals surface area contributed by atoms with Gasteiger partial charge in [-0.05, 0) is 6.92 Å². The average molecular weight is 294 g/mol. The molecule has 0 heterocycles. The van der Waals surface area contributed by atoms with Crippen LogP contribution < -0.4 is 0 Å². The molecule has 0 aliphatic rings. The van der Waals surface area contributed by atoms with Crippen LogP contribution in [-0.4, -0.2) is 42.2 Å². The summed E-state index contributed by atoms with van der Waals surface area (Å²) in [4.78, 5) is 54.6. The van der Waals surface area contributed by atoms with Crippen LogP contribution in [0, 0.1) is 0 Å². The van der Waals surface area contributed by atoms with Gasteiger partial charge in [0.2, 0.25) is 0 Å². The fraction of sp³-hybridized carbons (Fsp3) is 0.500. The number of hydrogen-bond acceptors (Lipinski definition) is 7. The maximum atomic E-state index is 10.9. The highest BCUT2D eigenvalue weighted by Crippen LogP contribution is 2.40. The lowest BCUT2D eigenvalue weighted by Crippen LogP contribution is -2.45. The standard InChI is InChI=1S/C4H8O11P2/c1-4(7,2(5)14-16(8,9)10)3(6)15-17(11,12)13/h7H,1H3,(H2,8,9,10)(H2,11,12,13). The second kappa shape index (κ2) is 4.83. The summed E-state index contributed by atoms with van der Waals surface area (Å²) in [6.45, 7) is 0.378. The van der Waals surface area contributed by atoms with Crippen molar-refractivity contribution in [1.29, 1.82) is 0 Å². The molecule has 0 unspecified atom stereocenters. The van der Waals surface area contributed by atoms with Crippen molar-refractivity contribution < 1.29 is 52.4 Å². The predicted molar refractivity (Wildman–Crippen MR) is 46.9 cm³/mol. The zero-order valence-electron chi connectivity index (χ0n) is 8.08. The first-order valence-electron chi connectivity index (χ1n) is 3.57. The first kappa shape index (κ1) is 16.2.